The molecule has 0 heterocycles. The van der Waals surface area contributed by atoms with Crippen LogP contribution in [0.2, 0.25) is 0 Å². The molecule has 1 aliphatic rings. The molecule has 0 fully saturated rings. The highest BCUT2D eigenvalue weighted by Gasteiger charge is 2.66. The Kier molecular flexibility index (Phi) is 4.78. The standard InChI is InChI=1S/C10H9F5O5S/c11-9(12,13)8(10(14,15)21(17,18)19)20-7(16)6-4-2-1-3-5-6/h2-6,8H,1H2,(H,17,18,19). The molecular formula is C10H9F5O5S. The smallest absolute Gasteiger partial charge is 0.432 e. The minimum absolute atomic E-state index is 0.396. The maximum atomic E-state index is 13.1. The lowest BCUT2D eigenvalue weighted by atomic mass is 10.0. The number of alkyl halides is 5. The number of esters is 1. The van der Waals surface area contributed by atoms with E-state index in [1.807, 2.05) is 0 Å². The van der Waals surface area contributed by atoms with Gasteiger partial charge in [-0.3, -0.25) is 9.35 Å². The van der Waals surface area contributed by atoms with Crippen LogP contribution in [0.25, 0.3) is 0 Å². The molecule has 0 aromatic carbocycles. The van der Waals surface area contributed by atoms with E-state index in [-0.39, 0.29) is 0 Å². The van der Waals surface area contributed by atoms with Crippen molar-refractivity contribution in [2.24, 2.45) is 5.92 Å². The lowest BCUT2D eigenvalue weighted by Crippen LogP contribution is -2.52. The van der Waals surface area contributed by atoms with E-state index in [4.69, 9.17) is 4.55 Å². The fraction of sp³-hybridized carbons (Fsp3) is 0.500. The van der Waals surface area contributed by atoms with E-state index in [0.29, 0.717) is 6.42 Å². The third-order valence-electron chi connectivity index (χ3n) is 2.41. The minimum atomic E-state index is -6.43. The molecule has 1 unspecified atom stereocenters. The normalized spacial score (nSPS) is 18.6. The molecule has 0 aromatic rings. The lowest BCUT2D eigenvalue weighted by molar-refractivity contribution is -0.259. The second kappa shape index (κ2) is 5.72. The Hall–Kier alpha value is -1.49. The number of hydrogen-bond donors (Lipinski definition) is 1. The molecule has 0 aromatic heterocycles. The van der Waals surface area contributed by atoms with Gasteiger partial charge in [0.1, 0.15) is 0 Å². The fourth-order valence-electron chi connectivity index (χ4n) is 1.41. The van der Waals surface area contributed by atoms with Crippen LogP contribution in [0.4, 0.5) is 22.0 Å². The number of carbonyl (C=O) groups is 1. The van der Waals surface area contributed by atoms with Gasteiger partial charge >= 0.3 is 27.5 Å². The third-order valence-corrected chi connectivity index (χ3v) is 3.31. The zero-order valence-corrected chi connectivity index (χ0v) is 10.9. The lowest BCUT2D eigenvalue weighted by Gasteiger charge is -2.27. The van der Waals surface area contributed by atoms with Crippen LogP contribution in [0.3, 0.4) is 0 Å². The second-order valence-electron chi connectivity index (χ2n) is 4.01. The van der Waals surface area contributed by atoms with Crippen LogP contribution in [0, 0.1) is 5.92 Å². The predicted octanol–water partition coefficient (Wildman–Crippen LogP) is 2.07. The number of rotatable bonds is 4. The number of hydrogen-bond acceptors (Lipinski definition) is 4. The summed E-state index contributed by atoms with van der Waals surface area (Å²) in [4.78, 5) is 11.4. The van der Waals surface area contributed by atoms with Crippen molar-refractivity contribution in [3.05, 3.63) is 24.3 Å². The molecule has 0 bridgehead atoms. The molecule has 1 atom stereocenters. The van der Waals surface area contributed by atoms with E-state index in [2.05, 4.69) is 4.74 Å². The highest BCUT2D eigenvalue weighted by atomic mass is 32.2. The first-order valence-corrected chi connectivity index (χ1v) is 6.76. The molecule has 0 saturated heterocycles. The quantitative estimate of drug-likeness (QED) is 0.368. The molecular weight excluding hydrogens is 327 g/mol. The first kappa shape index (κ1) is 17.6. The first-order chi connectivity index (χ1) is 9.37. The van der Waals surface area contributed by atoms with E-state index in [1.54, 1.807) is 0 Å². The number of allylic oxidation sites excluding steroid dienone is 2. The van der Waals surface area contributed by atoms with Gasteiger partial charge in [-0.1, -0.05) is 24.3 Å². The van der Waals surface area contributed by atoms with Crippen molar-refractivity contribution in [3.63, 3.8) is 0 Å². The highest BCUT2D eigenvalue weighted by molar-refractivity contribution is 7.86. The summed E-state index contributed by atoms with van der Waals surface area (Å²) < 4.78 is 96.4. The zero-order chi connectivity index (χ0) is 16.5. The highest BCUT2D eigenvalue weighted by Crippen LogP contribution is 2.38. The number of ether oxygens (including phenoxy) is 1. The largest absolute Gasteiger partial charge is 0.444 e. The van der Waals surface area contributed by atoms with Crippen LogP contribution in [-0.2, 0) is 19.6 Å². The van der Waals surface area contributed by atoms with E-state index < -0.39 is 39.5 Å². The van der Waals surface area contributed by atoms with Crippen molar-refractivity contribution in [2.45, 2.75) is 24.0 Å². The van der Waals surface area contributed by atoms with Crippen molar-refractivity contribution < 1.29 is 44.5 Å². The van der Waals surface area contributed by atoms with Crippen molar-refractivity contribution in [1.29, 1.82) is 0 Å². The van der Waals surface area contributed by atoms with Gasteiger partial charge < -0.3 is 4.74 Å². The van der Waals surface area contributed by atoms with E-state index >= 15 is 0 Å². The van der Waals surface area contributed by atoms with E-state index in [1.165, 1.54) is 12.2 Å². The Morgan fingerprint density at radius 2 is 1.67 bits per heavy atom. The van der Waals surface area contributed by atoms with Crippen LogP contribution in [0.1, 0.15) is 6.42 Å². The van der Waals surface area contributed by atoms with Gasteiger partial charge in [-0.15, -0.1) is 0 Å². The van der Waals surface area contributed by atoms with Crippen LogP contribution in [0.5, 0.6) is 0 Å². The van der Waals surface area contributed by atoms with Gasteiger partial charge in [0.05, 0.1) is 5.92 Å². The molecule has 0 radical (unpaired) electrons. The Balaban J connectivity index is 3.06. The van der Waals surface area contributed by atoms with Crippen LogP contribution in [0.15, 0.2) is 24.3 Å². The Morgan fingerprint density at radius 3 is 2.05 bits per heavy atom. The minimum Gasteiger partial charge on any atom is -0.444 e. The average molecular weight is 336 g/mol. The van der Waals surface area contributed by atoms with Crippen molar-refractivity contribution in [1.82, 2.24) is 0 Å². The maximum Gasteiger partial charge on any atom is 0.432 e. The third kappa shape index (κ3) is 4.00. The van der Waals surface area contributed by atoms with Gasteiger partial charge in [-0.05, 0) is 6.42 Å². The second-order valence-corrected chi connectivity index (χ2v) is 5.51. The monoisotopic (exact) mass is 336 g/mol. The molecule has 0 amide bonds. The summed E-state index contributed by atoms with van der Waals surface area (Å²) in [7, 11) is -6.43. The van der Waals surface area contributed by atoms with E-state index in [9.17, 15) is 35.2 Å². The molecule has 0 saturated carbocycles. The summed E-state index contributed by atoms with van der Waals surface area (Å²) in [5, 5.41) is -5.72. The van der Waals surface area contributed by atoms with Gasteiger partial charge in [0, 0.05) is 0 Å². The van der Waals surface area contributed by atoms with Crippen molar-refractivity contribution >= 4 is 16.1 Å². The molecule has 120 valence electrons. The molecule has 1 aliphatic carbocycles. The molecule has 21 heavy (non-hydrogen) atoms. The summed E-state index contributed by atoms with van der Waals surface area (Å²) in [6, 6.07) is 0. The van der Waals surface area contributed by atoms with Gasteiger partial charge in [-0.25, -0.2) is 0 Å². The Labute approximate surface area is 115 Å². The van der Waals surface area contributed by atoms with Crippen LogP contribution < -0.4 is 0 Å². The van der Waals surface area contributed by atoms with Crippen LogP contribution >= 0.6 is 0 Å². The molecule has 1 rings (SSSR count). The Morgan fingerprint density at radius 1 is 1.19 bits per heavy atom. The van der Waals surface area contributed by atoms with Gasteiger partial charge in [0.2, 0.25) is 0 Å². The predicted molar refractivity (Wildman–Crippen MR) is 58.8 cm³/mol. The maximum absolute atomic E-state index is 13.1. The first-order valence-electron chi connectivity index (χ1n) is 5.32. The van der Waals surface area contributed by atoms with Crippen molar-refractivity contribution in [3.8, 4) is 0 Å². The Bertz CT molecular complexity index is 551. The van der Waals surface area contributed by atoms with Gasteiger partial charge in [0.15, 0.2) is 0 Å². The topological polar surface area (TPSA) is 80.7 Å². The van der Waals surface area contributed by atoms with Gasteiger partial charge in [-0.2, -0.15) is 30.4 Å². The summed E-state index contributed by atoms with van der Waals surface area (Å²) in [6.07, 6.45) is -4.81. The number of carbonyl (C=O) groups excluding carboxylic acids is 1. The molecule has 5 nitrogen and oxygen atoms in total. The molecule has 1 N–H and O–H groups in total. The van der Waals surface area contributed by atoms with Crippen molar-refractivity contribution in [2.75, 3.05) is 0 Å². The number of halogens is 5. The SMILES string of the molecule is O=C(OC(C(F)(F)F)C(F)(F)S(=O)(=O)O)C1C=CCC=C1. The fourth-order valence-corrected chi connectivity index (χ4v) is 1.86. The summed E-state index contributed by atoms with van der Waals surface area (Å²) in [5.41, 5.74) is 0. The molecule has 11 heteroatoms. The van der Waals surface area contributed by atoms with Crippen LogP contribution in [-0.4, -0.2) is 36.5 Å². The summed E-state index contributed by atoms with van der Waals surface area (Å²) in [6.45, 7) is 0. The van der Waals surface area contributed by atoms with E-state index in [0.717, 1.165) is 12.2 Å². The summed E-state index contributed by atoms with van der Waals surface area (Å²) >= 11 is 0. The molecule has 0 aliphatic heterocycles. The zero-order valence-electron chi connectivity index (χ0n) is 10.0. The average Bonchev–Trinajstić information content (AvgIpc) is 2.33. The molecule has 0 spiro atoms. The summed E-state index contributed by atoms with van der Waals surface area (Å²) in [5.74, 6) is -3.06. The van der Waals surface area contributed by atoms with Gasteiger partial charge in [0.25, 0.3) is 6.10 Å².